The number of rotatable bonds is 6. The molecule has 2 amide bonds. The third-order valence-electron chi connectivity index (χ3n) is 5.54. The third kappa shape index (κ3) is 3.19. The van der Waals surface area contributed by atoms with Crippen molar-refractivity contribution in [1.29, 1.82) is 0 Å². The summed E-state index contributed by atoms with van der Waals surface area (Å²) >= 11 is 0. The molecule has 130 valence electrons. The van der Waals surface area contributed by atoms with Crippen molar-refractivity contribution in [2.75, 3.05) is 13.1 Å². The summed E-state index contributed by atoms with van der Waals surface area (Å²) in [6, 6.07) is 0.764. The Morgan fingerprint density at radius 3 is 2.58 bits per heavy atom. The summed E-state index contributed by atoms with van der Waals surface area (Å²) in [4.78, 5) is 29.1. The molecule has 0 spiro atoms. The zero-order valence-corrected chi connectivity index (χ0v) is 14.4. The van der Waals surface area contributed by atoms with E-state index in [-0.39, 0.29) is 18.4 Å². The van der Waals surface area contributed by atoms with Crippen molar-refractivity contribution in [2.45, 2.75) is 64.1 Å². The second kappa shape index (κ2) is 6.22. The van der Waals surface area contributed by atoms with E-state index in [4.69, 9.17) is 0 Å². The monoisotopic (exact) mass is 330 g/mol. The number of amides is 2. The normalized spacial score (nSPS) is 21.8. The Balaban J connectivity index is 1.40. The molecule has 3 aliphatic rings. The number of carbonyl (C=O) groups is 2. The summed E-state index contributed by atoms with van der Waals surface area (Å²) in [6.07, 6.45) is 10.2. The van der Waals surface area contributed by atoms with E-state index in [1.807, 2.05) is 4.90 Å². The first-order valence-corrected chi connectivity index (χ1v) is 9.26. The number of nitrogens with zero attached hydrogens (tertiary/aromatic N) is 4. The van der Waals surface area contributed by atoms with Crippen molar-refractivity contribution in [3.63, 3.8) is 0 Å². The average Bonchev–Trinajstić information content (AvgIpc) is 3.48. The van der Waals surface area contributed by atoms with Gasteiger partial charge in [-0.25, -0.2) is 0 Å². The van der Waals surface area contributed by atoms with Gasteiger partial charge in [0.1, 0.15) is 6.54 Å². The van der Waals surface area contributed by atoms with E-state index in [0.29, 0.717) is 23.6 Å². The van der Waals surface area contributed by atoms with E-state index in [2.05, 4.69) is 16.9 Å². The zero-order valence-electron chi connectivity index (χ0n) is 14.4. The predicted molar refractivity (Wildman–Crippen MR) is 89.4 cm³/mol. The number of hydrogen-bond acceptors (Lipinski definition) is 3. The maximum atomic E-state index is 12.8. The molecule has 0 bridgehead atoms. The van der Waals surface area contributed by atoms with Gasteiger partial charge in [0.15, 0.2) is 0 Å². The summed E-state index contributed by atoms with van der Waals surface area (Å²) < 4.78 is 1.63. The maximum absolute atomic E-state index is 12.8. The molecule has 6 nitrogen and oxygen atoms in total. The topological polar surface area (TPSA) is 58.4 Å². The molecule has 3 fully saturated rings. The van der Waals surface area contributed by atoms with Gasteiger partial charge in [0.2, 0.25) is 5.91 Å². The minimum Gasteiger partial charge on any atom is -0.339 e. The molecule has 1 aliphatic heterocycles. The summed E-state index contributed by atoms with van der Waals surface area (Å²) in [5.74, 6) is 0.858. The molecule has 6 heteroatoms. The predicted octanol–water partition coefficient (Wildman–Crippen LogP) is 1.91. The lowest BCUT2D eigenvalue weighted by Crippen LogP contribution is -2.43. The van der Waals surface area contributed by atoms with Crippen molar-refractivity contribution in [3.8, 4) is 0 Å². The highest BCUT2D eigenvalue weighted by Gasteiger charge is 2.41. The van der Waals surface area contributed by atoms with Gasteiger partial charge in [-0.1, -0.05) is 0 Å². The van der Waals surface area contributed by atoms with Crippen LogP contribution in [-0.4, -0.2) is 56.6 Å². The molecule has 1 unspecified atom stereocenters. The van der Waals surface area contributed by atoms with Gasteiger partial charge in [0.25, 0.3) is 5.91 Å². The smallest absolute Gasteiger partial charge is 0.257 e. The van der Waals surface area contributed by atoms with Crippen LogP contribution in [0.25, 0.3) is 0 Å². The fourth-order valence-corrected chi connectivity index (χ4v) is 3.81. The second-order valence-corrected chi connectivity index (χ2v) is 7.54. The highest BCUT2D eigenvalue weighted by atomic mass is 16.2. The molecule has 0 aromatic carbocycles. The molecule has 1 aromatic rings. The van der Waals surface area contributed by atoms with E-state index in [1.54, 1.807) is 17.1 Å². The zero-order chi connectivity index (χ0) is 16.7. The Morgan fingerprint density at radius 1 is 1.25 bits per heavy atom. The quantitative estimate of drug-likeness (QED) is 0.800. The van der Waals surface area contributed by atoms with Crippen LogP contribution in [0.1, 0.15) is 55.8 Å². The Hall–Kier alpha value is -1.85. The lowest BCUT2D eigenvalue weighted by atomic mass is 10.1. The van der Waals surface area contributed by atoms with Gasteiger partial charge in [-0.3, -0.25) is 14.3 Å². The average molecular weight is 330 g/mol. The molecule has 2 aliphatic carbocycles. The van der Waals surface area contributed by atoms with E-state index in [0.717, 1.165) is 38.8 Å². The minimum absolute atomic E-state index is 0.0385. The van der Waals surface area contributed by atoms with Gasteiger partial charge in [-0.05, 0) is 51.4 Å². The molecule has 0 N–H and O–H groups in total. The van der Waals surface area contributed by atoms with Gasteiger partial charge < -0.3 is 9.80 Å². The van der Waals surface area contributed by atoms with E-state index < -0.39 is 0 Å². The molecule has 24 heavy (non-hydrogen) atoms. The van der Waals surface area contributed by atoms with Gasteiger partial charge in [-0.15, -0.1) is 0 Å². The van der Waals surface area contributed by atoms with Gasteiger partial charge in [0, 0.05) is 31.4 Å². The Kier molecular flexibility index (Phi) is 4.06. The van der Waals surface area contributed by atoms with Crippen LogP contribution in [0.15, 0.2) is 12.4 Å². The fraction of sp³-hybridized carbons (Fsp3) is 0.722. The van der Waals surface area contributed by atoms with Gasteiger partial charge >= 0.3 is 0 Å². The largest absolute Gasteiger partial charge is 0.339 e. The molecule has 2 heterocycles. The van der Waals surface area contributed by atoms with Crippen LogP contribution in [0.4, 0.5) is 0 Å². The first-order valence-electron chi connectivity index (χ1n) is 9.26. The summed E-state index contributed by atoms with van der Waals surface area (Å²) in [6.45, 7) is 4.08. The standard InChI is InChI=1S/C18H26N4O2/c1-13(14-4-5-14)22(16-6-7-16)17(23)12-21-11-15(10-19-21)18(24)20-8-2-3-9-20/h10-11,13-14,16H,2-9,12H2,1H3. The van der Waals surface area contributed by atoms with Crippen molar-refractivity contribution in [1.82, 2.24) is 19.6 Å². The van der Waals surface area contributed by atoms with Crippen LogP contribution in [-0.2, 0) is 11.3 Å². The van der Waals surface area contributed by atoms with E-state index in [9.17, 15) is 9.59 Å². The highest BCUT2D eigenvalue weighted by Crippen LogP contribution is 2.39. The lowest BCUT2D eigenvalue weighted by Gasteiger charge is -2.29. The van der Waals surface area contributed by atoms with Crippen LogP contribution in [0, 0.1) is 5.92 Å². The molecular formula is C18H26N4O2. The molecule has 0 radical (unpaired) electrons. The van der Waals surface area contributed by atoms with Crippen LogP contribution in [0.2, 0.25) is 0 Å². The summed E-state index contributed by atoms with van der Waals surface area (Å²) in [5.41, 5.74) is 0.595. The molecule has 2 saturated carbocycles. The van der Waals surface area contributed by atoms with Crippen molar-refractivity contribution in [2.24, 2.45) is 5.92 Å². The van der Waals surface area contributed by atoms with Crippen molar-refractivity contribution >= 4 is 11.8 Å². The number of likely N-dealkylation sites (tertiary alicyclic amines) is 1. The van der Waals surface area contributed by atoms with Crippen LogP contribution < -0.4 is 0 Å². The number of hydrogen-bond donors (Lipinski definition) is 0. The molecular weight excluding hydrogens is 304 g/mol. The lowest BCUT2D eigenvalue weighted by molar-refractivity contribution is -0.135. The van der Waals surface area contributed by atoms with Gasteiger partial charge in [-0.2, -0.15) is 5.10 Å². The van der Waals surface area contributed by atoms with Crippen molar-refractivity contribution < 1.29 is 9.59 Å². The fourth-order valence-electron chi connectivity index (χ4n) is 3.81. The first-order chi connectivity index (χ1) is 11.6. The SMILES string of the molecule is CC(C1CC1)N(C(=O)Cn1cc(C(=O)N2CCCC2)cn1)C1CC1. The second-order valence-electron chi connectivity index (χ2n) is 7.54. The van der Waals surface area contributed by atoms with E-state index in [1.165, 1.54) is 12.8 Å². The van der Waals surface area contributed by atoms with Crippen LogP contribution in [0.3, 0.4) is 0 Å². The Bertz CT molecular complexity index is 627. The van der Waals surface area contributed by atoms with E-state index >= 15 is 0 Å². The highest BCUT2D eigenvalue weighted by molar-refractivity contribution is 5.94. The summed E-state index contributed by atoms with van der Waals surface area (Å²) in [5, 5.41) is 4.25. The first kappa shape index (κ1) is 15.7. The Labute approximate surface area is 142 Å². The molecule has 1 saturated heterocycles. The van der Waals surface area contributed by atoms with Crippen LogP contribution in [0.5, 0.6) is 0 Å². The summed E-state index contributed by atoms with van der Waals surface area (Å²) in [7, 11) is 0. The molecule has 1 atom stereocenters. The van der Waals surface area contributed by atoms with Crippen LogP contribution >= 0.6 is 0 Å². The Morgan fingerprint density at radius 2 is 1.96 bits per heavy atom. The maximum Gasteiger partial charge on any atom is 0.257 e. The number of aromatic nitrogens is 2. The molecule has 4 rings (SSSR count). The van der Waals surface area contributed by atoms with Crippen molar-refractivity contribution in [3.05, 3.63) is 18.0 Å². The molecule has 1 aromatic heterocycles. The third-order valence-corrected chi connectivity index (χ3v) is 5.54. The van der Waals surface area contributed by atoms with Gasteiger partial charge in [0.05, 0.1) is 11.8 Å². The minimum atomic E-state index is 0.0385. The number of carbonyl (C=O) groups excluding carboxylic acids is 2.